The molecular formula is C11H18N2S. The molecule has 1 N–H and O–H groups in total. The van der Waals surface area contributed by atoms with Crippen LogP contribution in [0.15, 0.2) is 17.5 Å². The van der Waals surface area contributed by atoms with Crippen LogP contribution in [0.2, 0.25) is 0 Å². The van der Waals surface area contributed by atoms with E-state index in [0.717, 1.165) is 30.9 Å². The first-order chi connectivity index (χ1) is 6.83. The summed E-state index contributed by atoms with van der Waals surface area (Å²) in [5.74, 6) is 0. The first kappa shape index (κ1) is 11.4. The molecular weight excluding hydrogens is 192 g/mol. The second-order valence-corrected chi connectivity index (χ2v) is 4.24. The molecule has 3 heteroatoms. The molecule has 1 heterocycles. The zero-order chi connectivity index (χ0) is 10.2. The van der Waals surface area contributed by atoms with E-state index < -0.39 is 0 Å². The van der Waals surface area contributed by atoms with Gasteiger partial charge in [0.15, 0.2) is 0 Å². The summed E-state index contributed by atoms with van der Waals surface area (Å²) in [6, 6.07) is 0. The van der Waals surface area contributed by atoms with E-state index in [0.29, 0.717) is 0 Å². The molecule has 0 aromatic carbocycles. The predicted molar refractivity (Wildman–Crippen MR) is 62.9 cm³/mol. The minimum atomic E-state index is 0.969. The van der Waals surface area contributed by atoms with E-state index in [1.165, 1.54) is 5.69 Å². The van der Waals surface area contributed by atoms with E-state index in [-0.39, 0.29) is 0 Å². The van der Waals surface area contributed by atoms with Crippen molar-refractivity contribution in [3.05, 3.63) is 28.2 Å². The molecule has 1 aromatic heterocycles. The minimum absolute atomic E-state index is 0.969. The second kappa shape index (κ2) is 6.74. The summed E-state index contributed by atoms with van der Waals surface area (Å²) in [5.41, 5.74) is 1.19. The maximum Gasteiger partial charge on any atom is 0.0897 e. The normalized spacial score (nSPS) is 11.3. The van der Waals surface area contributed by atoms with Crippen LogP contribution < -0.4 is 5.32 Å². The quantitative estimate of drug-likeness (QED) is 0.576. The highest BCUT2D eigenvalue weighted by Crippen LogP contribution is 2.08. The fourth-order valence-electron chi connectivity index (χ4n) is 1.19. The molecule has 0 saturated carbocycles. The van der Waals surface area contributed by atoms with Gasteiger partial charge in [-0.15, -0.1) is 11.3 Å². The number of allylic oxidation sites excluding steroid dienone is 1. The smallest absolute Gasteiger partial charge is 0.0897 e. The molecule has 0 bridgehead atoms. The summed E-state index contributed by atoms with van der Waals surface area (Å²) < 4.78 is 0. The summed E-state index contributed by atoms with van der Waals surface area (Å²) in [6.45, 7) is 6.30. The van der Waals surface area contributed by atoms with Crippen LogP contribution in [-0.4, -0.2) is 18.1 Å². The van der Waals surface area contributed by atoms with Crippen molar-refractivity contribution in [2.75, 3.05) is 13.1 Å². The molecule has 0 atom stereocenters. The van der Waals surface area contributed by atoms with Crippen LogP contribution in [0, 0.1) is 6.92 Å². The van der Waals surface area contributed by atoms with Gasteiger partial charge in [-0.05, 0) is 26.4 Å². The standard InChI is InChI=1S/C11H18N2S/c1-3-12-8-6-4-5-7-11-9-14-10(2)13-11/h4-5,9,12H,3,6-8H2,1-2H3. The van der Waals surface area contributed by atoms with Crippen LogP contribution >= 0.6 is 11.3 Å². The molecule has 78 valence electrons. The molecule has 0 spiro atoms. The van der Waals surface area contributed by atoms with Crippen molar-refractivity contribution in [1.82, 2.24) is 10.3 Å². The summed E-state index contributed by atoms with van der Waals surface area (Å²) in [5, 5.41) is 6.57. The van der Waals surface area contributed by atoms with Gasteiger partial charge < -0.3 is 5.32 Å². The Balaban J connectivity index is 2.14. The SMILES string of the molecule is CCNCCC=CCc1csc(C)n1. The lowest BCUT2D eigenvalue weighted by molar-refractivity contribution is 0.726. The van der Waals surface area contributed by atoms with Gasteiger partial charge in [-0.3, -0.25) is 0 Å². The van der Waals surface area contributed by atoms with E-state index in [2.05, 4.69) is 34.8 Å². The van der Waals surface area contributed by atoms with Crippen molar-refractivity contribution >= 4 is 11.3 Å². The van der Waals surface area contributed by atoms with E-state index >= 15 is 0 Å². The Bertz CT molecular complexity index is 279. The Kier molecular flexibility index (Phi) is 5.49. The zero-order valence-corrected chi connectivity index (χ0v) is 9.73. The van der Waals surface area contributed by atoms with Crippen LogP contribution in [0.4, 0.5) is 0 Å². The van der Waals surface area contributed by atoms with Crippen molar-refractivity contribution in [1.29, 1.82) is 0 Å². The summed E-state index contributed by atoms with van der Waals surface area (Å²) in [6.07, 6.45) is 6.50. The molecule has 0 radical (unpaired) electrons. The average Bonchev–Trinajstić information content (AvgIpc) is 2.58. The predicted octanol–water partition coefficient (Wildman–Crippen LogP) is 2.55. The van der Waals surface area contributed by atoms with E-state index in [1.807, 2.05) is 6.92 Å². The molecule has 0 aliphatic carbocycles. The van der Waals surface area contributed by atoms with Gasteiger partial charge in [0.2, 0.25) is 0 Å². The maximum absolute atomic E-state index is 4.40. The first-order valence-electron chi connectivity index (χ1n) is 5.09. The molecule has 0 fully saturated rings. The average molecular weight is 210 g/mol. The monoisotopic (exact) mass is 210 g/mol. The van der Waals surface area contributed by atoms with Gasteiger partial charge in [-0.2, -0.15) is 0 Å². The third-order valence-electron chi connectivity index (χ3n) is 1.90. The topological polar surface area (TPSA) is 24.9 Å². The summed E-state index contributed by atoms with van der Waals surface area (Å²) >= 11 is 1.72. The van der Waals surface area contributed by atoms with Crippen molar-refractivity contribution in [3.63, 3.8) is 0 Å². The van der Waals surface area contributed by atoms with Gasteiger partial charge in [0.25, 0.3) is 0 Å². The van der Waals surface area contributed by atoms with Crippen molar-refractivity contribution < 1.29 is 0 Å². The number of nitrogens with zero attached hydrogens (tertiary/aromatic N) is 1. The lowest BCUT2D eigenvalue weighted by atomic mass is 10.3. The lowest BCUT2D eigenvalue weighted by Gasteiger charge is -1.95. The molecule has 0 unspecified atom stereocenters. The second-order valence-electron chi connectivity index (χ2n) is 3.18. The van der Waals surface area contributed by atoms with Gasteiger partial charge in [0.05, 0.1) is 10.7 Å². The number of nitrogens with one attached hydrogen (secondary N) is 1. The van der Waals surface area contributed by atoms with Crippen LogP contribution in [-0.2, 0) is 6.42 Å². The lowest BCUT2D eigenvalue weighted by Crippen LogP contribution is -2.12. The van der Waals surface area contributed by atoms with Gasteiger partial charge in [0.1, 0.15) is 0 Å². The van der Waals surface area contributed by atoms with Crippen LogP contribution in [0.1, 0.15) is 24.0 Å². The number of thiazole rings is 1. The molecule has 0 saturated heterocycles. The highest BCUT2D eigenvalue weighted by molar-refractivity contribution is 7.09. The Labute approximate surface area is 90.1 Å². The maximum atomic E-state index is 4.40. The van der Waals surface area contributed by atoms with Crippen LogP contribution in [0.5, 0.6) is 0 Å². The van der Waals surface area contributed by atoms with Crippen LogP contribution in [0.3, 0.4) is 0 Å². The van der Waals surface area contributed by atoms with E-state index in [1.54, 1.807) is 11.3 Å². The molecule has 14 heavy (non-hydrogen) atoms. The molecule has 0 amide bonds. The van der Waals surface area contributed by atoms with Gasteiger partial charge >= 0.3 is 0 Å². The van der Waals surface area contributed by atoms with Gasteiger partial charge in [-0.25, -0.2) is 4.98 Å². The van der Waals surface area contributed by atoms with Crippen LogP contribution in [0.25, 0.3) is 0 Å². The zero-order valence-electron chi connectivity index (χ0n) is 8.92. The summed E-state index contributed by atoms with van der Waals surface area (Å²) in [7, 11) is 0. The number of hydrogen-bond donors (Lipinski definition) is 1. The third-order valence-corrected chi connectivity index (χ3v) is 2.72. The summed E-state index contributed by atoms with van der Waals surface area (Å²) in [4.78, 5) is 4.40. The van der Waals surface area contributed by atoms with Crippen molar-refractivity contribution in [3.8, 4) is 0 Å². The highest BCUT2D eigenvalue weighted by Gasteiger charge is 1.93. The molecule has 1 rings (SSSR count). The fraction of sp³-hybridized carbons (Fsp3) is 0.545. The highest BCUT2D eigenvalue weighted by atomic mass is 32.1. The van der Waals surface area contributed by atoms with Gasteiger partial charge in [0, 0.05) is 11.8 Å². The van der Waals surface area contributed by atoms with E-state index in [9.17, 15) is 0 Å². The number of rotatable bonds is 6. The fourth-order valence-corrected chi connectivity index (χ4v) is 1.81. The molecule has 2 nitrogen and oxygen atoms in total. The first-order valence-corrected chi connectivity index (χ1v) is 5.97. The van der Waals surface area contributed by atoms with E-state index in [4.69, 9.17) is 0 Å². The molecule has 0 aliphatic rings. The Morgan fingerprint density at radius 1 is 1.50 bits per heavy atom. The Morgan fingerprint density at radius 2 is 2.36 bits per heavy atom. The van der Waals surface area contributed by atoms with Gasteiger partial charge in [-0.1, -0.05) is 19.1 Å². The molecule has 1 aromatic rings. The van der Waals surface area contributed by atoms with Crippen molar-refractivity contribution in [2.45, 2.75) is 26.7 Å². The largest absolute Gasteiger partial charge is 0.317 e. The van der Waals surface area contributed by atoms with Crippen molar-refractivity contribution in [2.24, 2.45) is 0 Å². The third kappa shape index (κ3) is 4.53. The minimum Gasteiger partial charge on any atom is -0.317 e. The number of hydrogen-bond acceptors (Lipinski definition) is 3. The number of aromatic nitrogens is 1. The Hall–Kier alpha value is -0.670. The molecule has 0 aliphatic heterocycles. The Morgan fingerprint density at radius 3 is 3.00 bits per heavy atom. The number of aryl methyl sites for hydroxylation is 1.